The summed E-state index contributed by atoms with van der Waals surface area (Å²) in [5.41, 5.74) is -0.185. The minimum atomic E-state index is -1.10. The number of halogens is 2. The fourth-order valence-electron chi connectivity index (χ4n) is 3.89. The first-order valence-corrected chi connectivity index (χ1v) is 10.2. The second-order valence-electron chi connectivity index (χ2n) is 7.61. The molecule has 2 N–H and O–H groups in total. The molecule has 0 radical (unpaired) electrons. The number of aliphatic carboxylic acids is 1. The topological polar surface area (TPSA) is 113 Å². The molecule has 2 saturated heterocycles. The molecule has 0 aliphatic carbocycles. The van der Waals surface area contributed by atoms with Gasteiger partial charge >= 0.3 is 29.0 Å². The summed E-state index contributed by atoms with van der Waals surface area (Å²) in [6, 6.07) is 2.17. The number of fused-ring (bicyclic) bond motifs is 1. The third-order valence-electron chi connectivity index (χ3n) is 5.25. The third kappa shape index (κ3) is 3.71. The zero-order valence-corrected chi connectivity index (χ0v) is 19.8. The van der Waals surface area contributed by atoms with Crippen LogP contribution in [0.25, 0.3) is 11.3 Å². The van der Waals surface area contributed by atoms with Crippen molar-refractivity contribution in [2.75, 3.05) is 0 Å². The predicted octanol–water partition coefficient (Wildman–Crippen LogP) is 2.53. The molecule has 12 heteroatoms. The molecule has 1 aromatic carbocycles. The number of carboxylic acid groups (broad SMARTS) is 1. The molecule has 162 valence electrons. The van der Waals surface area contributed by atoms with E-state index in [1.54, 1.807) is 13.8 Å². The molecule has 4 rings (SSSR count). The Kier molecular flexibility index (Phi) is 6.35. The fourth-order valence-corrected chi connectivity index (χ4v) is 5.77. The number of carboxylic acids is 1. The maximum absolute atomic E-state index is 14.4. The van der Waals surface area contributed by atoms with Crippen LogP contribution in [0.2, 0.25) is 5.02 Å². The van der Waals surface area contributed by atoms with Gasteiger partial charge in [-0.15, -0.1) is 11.8 Å². The molecule has 8 nitrogen and oxygen atoms in total. The number of rotatable bonds is 4. The van der Waals surface area contributed by atoms with Crippen molar-refractivity contribution in [1.82, 2.24) is 15.4 Å². The number of β-lactam (4-membered cyclic amide) rings is 1. The number of hydrogen-bond donors (Lipinski definition) is 2. The van der Waals surface area contributed by atoms with E-state index >= 15 is 0 Å². The van der Waals surface area contributed by atoms with E-state index in [0.717, 1.165) is 0 Å². The number of benzene rings is 1. The molecule has 0 spiro atoms. The maximum Gasteiger partial charge on any atom is 2.00 e. The van der Waals surface area contributed by atoms with Crippen molar-refractivity contribution in [3.05, 3.63) is 40.4 Å². The van der Waals surface area contributed by atoms with E-state index < -0.39 is 45.8 Å². The Labute approximate surface area is 205 Å². The summed E-state index contributed by atoms with van der Waals surface area (Å²) in [4.78, 5) is 38.5. The van der Waals surface area contributed by atoms with Crippen LogP contribution in [0.4, 0.5) is 4.39 Å². The summed E-state index contributed by atoms with van der Waals surface area (Å²) in [6.45, 7) is 4.97. The summed E-state index contributed by atoms with van der Waals surface area (Å²) in [5, 5.41) is 15.4. The van der Waals surface area contributed by atoms with E-state index in [4.69, 9.17) is 16.1 Å². The second-order valence-corrected chi connectivity index (χ2v) is 9.79. The van der Waals surface area contributed by atoms with Crippen molar-refractivity contribution >= 4 is 64.2 Å². The van der Waals surface area contributed by atoms with Crippen molar-refractivity contribution in [2.45, 2.75) is 43.0 Å². The van der Waals surface area contributed by atoms with Crippen molar-refractivity contribution in [1.29, 1.82) is 0 Å². The van der Waals surface area contributed by atoms with E-state index in [9.17, 15) is 23.9 Å². The first-order valence-electron chi connectivity index (χ1n) is 8.99. The normalized spacial score (nSPS) is 23.6. The number of thioether (sulfide) groups is 1. The van der Waals surface area contributed by atoms with Crippen molar-refractivity contribution < 1.29 is 31.3 Å². The Morgan fingerprint density at radius 3 is 2.71 bits per heavy atom. The minimum Gasteiger partial charge on any atom is -1.00 e. The number of carbonyl (C=O) groups is 3. The van der Waals surface area contributed by atoms with E-state index in [0.29, 0.717) is 0 Å². The van der Waals surface area contributed by atoms with Gasteiger partial charge in [0.15, 0.2) is 0 Å². The van der Waals surface area contributed by atoms with Crippen LogP contribution < -0.4 is 5.32 Å². The fraction of sp³-hybridized carbons (Fsp3) is 0.368. The molecule has 0 unspecified atom stereocenters. The minimum absolute atomic E-state index is 0. The van der Waals surface area contributed by atoms with Crippen LogP contribution in [0.5, 0.6) is 0 Å². The van der Waals surface area contributed by atoms with Gasteiger partial charge in [0.2, 0.25) is 5.91 Å². The van der Waals surface area contributed by atoms with Crippen molar-refractivity contribution in [3.8, 4) is 11.3 Å². The number of carbonyl (C=O) groups excluding carboxylic acids is 2. The molecule has 2 aromatic rings. The molecule has 2 fully saturated rings. The van der Waals surface area contributed by atoms with Gasteiger partial charge in [-0.2, -0.15) is 0 Å². The number of nitrogens with zero attached hydrogens (tertiary/aromatic N) is 2. The summed E-state index contributed by atoms with van der Waals surface area (Å²) in [6.07, 6.45) is 0. The van der Waals surface area contributed by atoms with Crippen LogP contribution in [0.1, 0.15) is 32.8 Å². The summed E-state index contributed by atoms with van der Waals surface area (Å²) >= 11 is 7.40. The van der Waals surface area contributed by atoms with Crippen LogP contribution in [-0.2, 0) is 9.59 Å². The third-order valence-corrected chi connectivity index (χ3v) is 7.14. The molecular formula is C19H19ClFMgN3O5S. The van der Waals surface area contributed by atoms with Gasteiger partial charge in [0.05, 0.1) is 10.6 Å². The smallest absolute Gasteiger partial charge is 1.00 e. The number of aryl methyl sites for hydroxylation is 1. The van der Waals surface area contributed by atoms with Crippen LogP contribution >= 0.6 is 23.4 Å². The SMILES string of the molecule is Cc1onc(-c2c(F)cccc2Cl)c1C(=O)N[C@@H]1C(=O)N2[C@@H]1SC(C)(C)[C@@H]2C(=O)O.[H-].[H-].[Mg+2]. The summed E-state index contributed by atoms with van der Waals surface area (Å²) in [7, 11) is 0. The van der Waals surface area contributed by atoms with Gasteiger partial charge in [-0.3, -0.25) is 9.59 Å². The predicted molar refractivity (Wildman–Crippen MR) is 115 cm³/mol. The standard InChI is InChI=1S/C19H17ClFN3O5S.Mg.2H/c1-7-10(12(23-29-7)11-8(20)5-4-6-9(11)21)15(25)22-13-16(26)24-14(18(27)28)19(2,3)30-17(13)24;;;/h4-6,13-14,17H,1-3H3,(H,22,25)(H,27,28);;;/q;+2;2*-1/t13-,14+,17-;;;/m1.../s1. The molecule has 0 bridgehead atoms. The molecule has 2 amide bonds. The quantitative estimate of drug-likeness (QED) is 0.511. The van der Waals surface area contributed by atoms with Gasteiger partial charge in [-0.25, -0.2) is 9.18 Å². The average Bonchev–Trinajstić information content (AvgIpc) is 3.14. The van der Waals surface area contributed by atoms with Gasteiger partial charge in [-0.1, -0.05) is 22.8 Å². The van der Waals surface area contributed by atoms with Gasteiger partial charge in [0.25, 0.3) is 5.91 Å². The average molecular weight is 480 g/mol. The van der Waals surface area contributed by atoms with Gasteiger partial charge < -0.3 is 22.7 Å². The molecular weight excluding hydrogens is 461 g/mol. The Hall–Kier alpha value is -1.82. The molecule has 31 heavy (non-hydrogen) atoms. The van der Waals surface area contributed by atoms with Crippen LogP contribution in [0.3, 0.4) is 0 Å². The zero-order valence-electron chi connectivity index (χ0n) is 18.8. The molecule has 2 aliphatic rings. The summed E-state index contributed by atoms with van der Waals surface area (Å²) < 4.78 is 18.7. The number of hydrogen-bond acceptors (Lipinski definition) is 6. The van der Waals surface area contributed by atoms with Crippen molar-refractivity contribution in [3.63, 3.8) is 0 Å². The monoisotopic (exact) mass is 479 g/mol. The van der Waals surface area contributed by atoms with E-state index in [-0.39, 0.29) is 53.5 Å². The Morgan fingerprint density at radius 2 is 2.10 bits per heavy atom. The number of nitrogens with one attached hydrogen (secondary N) is 1. The van der Waals surface area contributed by atoms with Gasteiger partial charge in [0, 0.05) is 4.75 Å². The number of aromatic nitrogens is 1. The van der Waals surface area contributed by atoms with Crippen molar-refractivity contribution in [2.24, 2.45) is 0 Å². The molecule has 2 aliphatic heterocycles. The van der Waals surface area contributed by atoms with E-state index in [1.165, 1.54) is 41.8 Å². The first-order chi connectivity index (χ1) is 14.0. The molecule has 3 heterocycles. The molecule has 0 saturated carbocycles. The Bertz CT molecular complexity index is 1090. The van der Waals surface area contributed by atoms with Crippen LogP contribution in [0.15, 0.2) is 22.7 Å². The largest absolute Gasteiger partial charge is 2.00 e. The Morgan fingerprint density at radius 1 is 1.42 bits per heavy atom. The molecule has 3 atom stereocenters. The summed E-state index contributed by atoms with van der Waals surface area (Å²) in [5.74, 6) is -2.81. The van der Waals surface area contributed by atoms with E-state index in [2.05, 4.69) is 10.5 Å². The molecule has 1 aromatic heterocycles. The van der Waals surface area contributed by atoms with E-state index in [1.807, 2.05) is 0 Å². The Balaban J connectivity index is 0.00000181. The zero-order chi connectivity index (χ0) is 22.0. The van der Waals surface area contributed by atoms with Gasteiger partial charge in [-0.05, 0) is 32.9 Å². The maximum atomic E-state index is 14.4. The van der Waals surface area contributed by atoms with Crippen LogP contribution in [0, 0.1) is 12.7 Å². The number of amides is 2. The van der Waals surface area contributed by atoms with Crippen LogP contribution in [-0.4, -0.2) is 78.2 Å². The second kappa shape index (κ2) is 8.27. The van der Waals surface area contributed by atoms with Gasteiger partial charge in [0.1, 0.15) is 40.3 Å². The first kappa shape index (κ1) is 23.8.